The highest BCUT2D eigenvalue weighted by atomic mass is 32.1. The van der Waals surface area contributed by atoms with Gasteiger partial charge in [-0.05, 0) is 35.2 Å². The zero-order chi connectivity index (χ0) is 21.2. The lowest BCUT2D eigenvalue weighted by Crippen LogP contribution is -2.15. The largest absolute Gasteiger partial charge is 0.493 e. The van der Waals surface area contributed by atoms with Crippen molar-refractivity contribution in [1.82, 2.24) is 9.97 Å². The molecule has 0 saturated carbocycles. The van der Waals surface area contributed by atoms with Crippen molar-refractivity contribution in [1.29, 1.82) is 0 Å². The fourth-order valence-electron chi connectivity index (χ4n) is 3.15. The van der Waals surface area contributed by atoms with Crippen LogP contribution in [0.2, 0.25) is 0 Å². The summed E-state index contributed by atoms with van der Waals surface area (Å²) in [5.74, 6) is 0.528. The Bertz CT molecular complexity index is 1250. The van der Waals surface area contributed by atoms with Crippen molar-refractivity contribution in [2.75, 3.05) is 17.2 Å². The number of hydrogen-bond donors (Lipinski definition) is 2. The van der Waals surface area contributed by atoms with Gasteiger partial charge in [-0.2, -0.15) is 0 Å². The van der Waals surface area contributed by atoms with Crippen molar-refractivity contribution >= 4 is 56.1 Å². The van der Waals surface area contributed by atoms with Crippen LogP contribution in [0.25, 0.3) is 11.3 Å². The van der Waals surface area contributed by atoms with E-state index in [0.29, 0.717) is 27.4 Å². The summed E-state index contributed by atoms with van der Waals surface area (Å²) in [6, 6.07) is 9.60. The number of benzene rings is 1. The van der Waals surface area contributed by atoms with Gasteiger partial charge in [-0.15, -0.1) is 34.0 Å². The van der Waals surface area contributed by atoms with E-state index in [-0.39, 0.29) is 18.2 Å². The molecule has 0 saturated heterocycles. The second-order valence-corrected chi connectivity index (χ2v) is 9.42. The molecule has 2 amide bonds. The lowest BCUT2D eigenvalue weighted by atomic mass is 10.1. The number of anilines is 2. The molecule has 2 N–H and O–H groups in total. The van der Waals surface area contributed by atoms with E-state index in [1.807, 2.05) is 29.0 Å². The number of amides is 2. The van der Waals surface area contributed by atoms with Crippen LogP contribution < -0.4 is 15.4 Å². The summed E-state index contributed by atoms with van der Waals surface area (Å²) in [6.45, 7) is 0.715. The lowest BCUT2D eigenvalue weighted by Gasteiger charge is -2.02. The standard InChI is InChI=1S/C21H16N4O3S3/c26-18(9-14-10-30-20(22-14)25-19(27)17-2-1-7-29-17)24-21-23-15(11-31-21)12-3-4-16-13(8-12)5-6-28-16/h1-4,7-8,10-11H,5-6,9H2,(H,22,25,27)(H,23,24,26). The molecule has 3 aromatic heterocycles. The van der Waals surface area contributed by atoms with Gasteiger partial charge in [0.1, 0.15) is 5.75 Å². The van der Waals surface area contributed by atoms with Crippen LogP contribution in [0.15, 0.2) is 46.5 Å². The summed E-state index contributed by atoms with van der Waals surface area (Å²) in [5, 5.41) is 12.1. The maximum absolute atomic E-state index is 12.4. The molecule has 0 spiro atoms. The minimum Gasteiger partial charge on any atom is -0.493 e. The van der Waals surface area contributed by atoms with Crippen molar-refractivity contribution in [3.63, 3.8) is 0 Å². The fraction of sp³-hybridized carbons (Fsp3) is 0.143. The molecule has 0 unspecified atom stereocenters. The van der Waals surface area contributed by atoms with Gasteiger partial charge in [0.15, 0.2) is 10.3 Å². The lowest BCUT2D eigenvalue weighted by molar-refractivity contribution is -0.115. The highest BCUT2D eigenvalue weighted by molar-refractivity contribution is 7.14. The Kier molecular flexibility index (Phi) is 5.49. The molecule has 5 rings (SSSR count). The van der Waals surface area contributed by atoms with E-state index in [9.17, 15) is 9.59 Å². The molecule has 0 atom stereocenters. The predicted molar refractivity (Wildman–Crippen MR) is 123 cm³/mol. The van der Waals surface area contributed by atoms with E-state index in [2.05, 4.69) is 26.7 Å². The first-order valence-electron chi connectivity index (χ1n) is 9.45. The highest BCUT2D eigenvalue weighted by Crippen LogP contribution is 2.32. The second-order valence-electron chi connectivity index (χ2n) is 6.76. The summed E-state index contributed by atoms with van der Waals surface area (Å²) in [5.41, 5.74) is 3.61. The molecule has 0 fully saturated rings. The number of carbonyl (C=O) groups is 2. The number of rotatable bonds is 6. The normalized spacial score (nSPS) is 12.3. The molecular weight excluding hydrogens is 452 g/mol. The molecule has 156 valence electrons. The van der Waals surface area contributed by atoms with Gasteiger partial charge >= 0.3 is 0 Å². The summed E-state index contributed by atoms with van der Waals surface area (Å²) in [6.07, 6.45) is 1.01. The van der Waals surface area contributed by atoms with Crippen LogP contribution in [0.3, 0.4) is 0 Å². The van der Waals surface area contributed by atoms with E-state index < -0.39 is 0 Å². The molecule has 7 nitrogen and oxygen atoms in total. The fourth-order valence-corrected chi connectivity index (χ4v) is 5.21. The maximum Gasteiger partial charge on any atom is 0.267 e. The molecule has 1 aromatic carbocycles. The Labute approximate surface area is 189 Å². The topological polar surface area (TPSA) is 93.2 Å². The monoisotopic (exact) mass is 468 g/mol. The second kappa shape index (κ2) is 8.58. The van der Waals surface area contributed by atoms with Gasteiger partial charge in [-0.1, -0.05) is 6.07 Å². The highest BCUT2D eigenvalue weighted by Gasteiger charge is 2.16. The van der Waals surface area contributed by atoms with Gasteiger partial charge in [-0.3, -0.25) is 14.9 Å². The van der Waals surface area contributed by atoms with Crippen molar-refractivity contribution < 1.29 is 14.3 Å². The zero-order valence-corrected chi connectivity index (χ0v) is 18.5. The first-order valence-corrected chi connectivity index (χ1v) is 12.1. The Morgan fingerprint density at radius 1 is 1.03 bits per heavy atom. The smallest absolute Gasteiger partial charge is 0.267 e. The number of ether oxygens (including phenoxy) is 1. The summed E-state index contributed by atoms with van der Waals surface area (Å²) < 4.78 is 5.54. The van der Waals surface area contributed by atoms with Gasteiger partial charge < -0.3 is 10.1 Å². The van der Waals surface area contributed by atoms with Gasteiger partial charge in [0.25, 0.3) is 5.91 Å². The SMILES string of the molecule is O=C(Cc1csc(NC(=O)c2cccs2)n1)Nc1nc(-c2ccc3c(c2)CCO3)cs1. The third kappa shape index (κ3) is 4.50. The molecule has 10 heteroatoms. The van der Waals surface area contributed by atoms with Crippen LogP contribution in [-0.2, 0) is 17.6 Å². The Balaban J connectivity index is 1.19. The van der Waals surface area contributed by atoms with E-state index in [1.54, 1.807) is 11.4 Å². The minimum absolute atomic E-state index is 0.108. The Hall–Kier alpha value is -3.08. The van der Waals surface area contributed by atoms with Crippen LogP contribution in [0.1, 0.15) is 20.9 Å². The molecule has 1 aliphatic rings. The van der Waals surface area contributed by atoms with Gasteiger partial charge in [0.2, 0.25) is 5.91 Å². The number of hydrogen-bond acceptors (Lipinski definition) is 8. The molecule has 0 aliphatic carbocycles. The number of nitrogens with zero attached hydrogens (tertiary/aromatic N) is 2. The number of thiazole rings is 2. The van der Waals surface area contributed by atoms with Crippen molar-refractivity contribution in [2.45, 2.75) is 12.8 Å². The molecule has 1 aliphatic heterocycles. The van der Waals surface area contributed by atoms with E-state index in [4.69, 9.17) is 4.74 Å². The van der Waals surface area contributed by atoms with Crippen LogP contribution >= 0.6 is 34.0 Å². The third-order valence-corrected chi connectivity index (χ3v) is 7.03. The van der Waals surface area contributed by atoms with Crippen LogP contribution in [0.4, 0.5) is 10.3 Å². The van der Waals surface area contributed by atoms with Gasteiger partial charge in [0, 0.05) is 22.7 Å². The Morgan fingerprint density at radius 3 is 2.77 bits per heavy atom. The number of carbonyl (C=O) groups excluding carboxylic acids is 2. The Morgan fingerprint density at radius 2 is 1.90 bits per heavy atom. The molecule has 0 radical (unpaired) electrons. The van der Waals surface area contributed by atoms with Crippen LogP contribution in [0, 0.1) is 0 Å². The summed E-state index contributed by atoms with van der Waals surface area (Å²) in [7, 11) is 0. The molecule has 0 bridgehead atoms. The van der Waals surface area contributed by atoms with Crippen molar-refractivity contribution in [3.8, 4) is 17.0 Å². The van der Waals surface area contributed by atoms with E-state index in [1.165, 1.54) is 39.6 Å². The van der Waals surface area contributed by atoms with Crippen LogP contribution in [-0.4, -0.2) is 28.4 Å². The van der Waals surface area contributed by atoms with Crippen LogP contribution in [0.5, 0.6) is 5.75 Å². The first-order chi connectivity index (χ1) is 15.1. The summed E-state index contributed by atoms with van der Waals surface area (Å²) in [4.78, 5) is 34.0. The van der Waals surface area contributed by atoms with E-state index >= 15 is 0 Å². The third-order valence-electron chi connectivity index (χ3n) is 4.59. The molecule has 4 aromatic rings. The average molecular weight is 469 g/mol. The quantitative estimate of drug-likeness (QED) is 0.428. The zero-order valence-electron chi connectivity index (χ0n) is 16.1. The van der Waals surface area contributed by atoms with Crippen molar-refractivity contribution in [2.24, 2.45) is 0 Å². The number of thiophene rings is 1. The number of fused-ring (bicyclic) bond motifs is 1. The van der Waals surface area contributed by atoms with E-state index in [0.717, 1.165) is 23.4 Å². The average Bonchev–Trinajstić information content (AvgIpc) is 3.55. The van der Waals surface area contributed by atoms with Crippen molar-refractivity contribution in [3.05, 3.63) is 62.6 Å². The predicted octanol–water partition coefficient (Wildman–Crippen LogP) is 4.70. The molecular formula is C21H16N4O3S3. The molecule has 31 heavy (non-hydrogen) atoms. The maximum atomic E-state index is 12.4. The molecule has 4 heterocycles. The minimum atomic E-state index is -0.204. The van der Waals surface area contributed by atoms with Gasteiger partial charge in [0.05, 0.1) is 29.3 Å². The number of nitrogens with one attached hydrogen (secondary N) is 2. The summed E-state index contributed by atoms with van der Waals surface area (Å²) >= 11 is 4.04. The van der Waals surface area contributed by atoms with Gasteiger partial charge in [-0.25, -0.2) is 9.97 Å². The number of aromatic nitrogens is 2. The first kappa shape index (κ1) is 19.9.